The van der Waals surface area contributed by atoms with Crippen molar-refractivity contribution in [3.05, 3.63) is 48.3 Å². The van der Waals surface area contributed by atoms with Gasteiger partial charge in [-0.05, 0) is 36.4 Å². The Bertz CT molecular complexity index is 867. The smallest absolute Gasteiger partial charge is 0.137 e. The van der Waals surface area contributed by atoms with E-state index in [0.717, 1.165) is 66.9 Å². The zero-order chi connectivity index (χ0) is 17.2. The lowest BCUT2D eigenvalue weighted by Gasteiger charge is -2.26. The molecule has 6 heteroatoms. The van der Waals surface area contributed by atoms with E-state index in [0.29, 0.717) is 0 Å². The molecular weight excluding hydrogens is 316 g/mol. The number of nitrogens with zero attached hydrogens (tertiary/aromatic N) is 3. The number of ether oxygens (including phenoxy) is 2. The van der Waals surface area contributed by atoms with E-state index in [-0.39, 0.29) is 0 Å². The summed E-state index contributed by atoms with van der Waals surface area (Å²) in [4.78, 5) is 7.25. The summed E-state index contributed by atoms with van der Waals surface area (Å²) in [5.41, 5.74) is 10.9. The summed E-state index contributed by atoms with van der Waals surface area (Å²) >= 11 is 0. The fourth-order valence-corrected chi connectivity index (χ4v) is 3.21. The van der Waals surface area contributed by atoms with Gasteiger partial charge in [-0.2, -0.15) is 0 Å². The molecule has 6 nitrogen and oxygen atoms in total. The van der Waals surface area contributed by atoms with Gasteiger partial charge in [0.15, 0.2) is 0 Å². The first-order valence-corrected chi connectivity index (χ1v) is 8.45. The third kappa shape index (κ3) is 3.18. The van der Waals surface area contributed by atoms with Crippen molar-refractivity contribution in [3.63, 3.8) is 0 Å². The monoisotopic (exact) mass is 338 g/mol. The van der Waals surface area contributed by atoms with Crippen LogP contribution in [0.2, 0.25) is 0 Å². The van der Waals surface area contributed by atoms with E-state index in [9.17, 15) is 0 Å². The van der Waals surface area contributed by atoms with Crippen LogP contribution >= 0.6 is 0 Å². The van der Waals surface area contributed by atoms with Gasteiger partial charge in [0, 0.05) is 37.1 Å². The van der Waals surface area contributed by atoms with Crippen LogP contribution in [0.3, 0.4) is 0 Å². The fourth-order valence-electron chi connectivity index (χ4n) is 3.21. The summed E-state index contributed by atoms with van der Waals surface area (Å²) in [6, 6.07) is 11.9. The van der Waals surface area contributed by atoms with Crippen LogP contribution in [0.15, 0.2) is 42.6 Å². The Morgan fingerprint density at radius 3 is 2.60 bits per heavy atom. The van der Waals surface area contributed by atoms with Crippen molar-refractivity contribution in [1.82, 2.24) is 14.3 Å². The molecule has 0 amide bonds. The number of morpholine rings is 1. The van der Waals surface area contributed by atoms with Crippen LogP contribution in [-0.2, 0) is 11.3 Å². The number of benzene rings is 1. The average molecular weight is 338 g/mol. The van der Waals surface area contributed by atoms with E-state index in [1.165, 1.54) is 0 Å². The van der Waals surface area contributed by atoms with Crippen molar-refractivity contribution in [2.24, 2.45) is 0 Å². The Balaban J connectivity index is 1.79. The van der Waals surface area contributed by atoms with Gasteiger partial charge in [0.2, 0.25) is 0 Å². The van der Waals surface area contributed by atoms with E-state index < -0.39 is 0 Å². The summed E-state index contributed by atoms with van der Waals surface area (Å²) in [7, 11) is 1.67. The second-order valence-corrected chi connectivity index (χ2v) is 6.21. The van der Waals surface area contributed by atoms with E-state index in [2.05, 4.69) is 9.30 Å². The van der Waals surface area contributed by atoms with Crippen LogP contribution < -0.4 is 10.5 Å². The standard InChI is InChI=1S/C19H22N4O2/c1-24-16-5-2-14(3-6-16)19-17(13-22-8-10-25-11-9-22)23-12-15(20)4-7-18(23)21-19/h2-7,12H,8-11,13,20H2,1H3. The van der Waals surface area contributed by atoms with Gasteiger partial charge in [-0.15, -0.1) is 0 Å². The minimum Gasteiger partial charge on any atom is -0.497 e. The number of nitrogens with two attached hydrogens (primary N) is 1. The first kappa shape index (κ1) is 15.9. The number of pyridine rings is 1. The molecule has 3 aromatic rings. The Hall–Kier alpha value is -2.57. The summed E-state index contributed by atoms with van der Waals surface area (Å²) < 4.78 is 12.8. The van der Waals surface area contributed by atoms with Gasteiger partial charge in [-0.3, -0.25) is 4.90 Å². The van der Waals surface area contributed by atoms with Crippen molar-refractivity contribution in [2.45, 2.75) is 6.54 Å². The SMILES string of the molecule is COc1ccc(-c2nc3ccc(N)cn3c2CN2CCOCC2)cc1. The Morgan fingerprint density at radius 2 is 1.88 bits per heavy atom. The lowest BCUT2D eigenvalue weighted by atomic mass is 10.1. The van der Waals surface area contributed by atoms with Gasteiger partial charge in [-0.1, -0.05) is 0 Å². The molecule has 0 radical (unpaired) electrons. The number of aromatic nitrogens is 2. The van der Waals surface area contributed by atoms with Crippen molar-refractivity contribution in [1.29, 1.82) is 0 Å². The molecule has 0 atom stereocenters. The molecule has 0 unspecified atom stereocenters. The molecule has 25 heavy (non-hydrogen) atoms. The average Bonchev–Trinajstić information content (AvgIpc) is 3.00. The Kier molecular flexibility index (Phi) is 4.29. The number of hydrogen-bond donors (Lipinski definition) is 1. The highest BCUT2D eigenvalue weighted by atomic mass is 16.5. The molecular formula is C19H22N4O2. The molecule has 0 aliphatic carbocycles. The zero-order valence-electron chi connectivity index (χ0n) is 14.3. The molecule has 1 saturated heterocycles. The number of methoxy groups -OCH3 is 1. The molecule has 1 aliphatic rings. The van der Waals surface area contributed by atoms with Gasteiger partial charge in [-0.25, -0.2) is 4.98 Å². The molecule has 3 heterocycles. The van der Waals surface area contributed by atoms with Crippen molar-refractivity contribution in [2.75, 3.05) is 39.1 Å². The van der Waals surface area contributed by atoms with Crippen molar-refractivity contribution < 1.29 is 9.47 Å². The Labute approximate surface area is 146 Å². The zero-order valence-corrected chi connectivity index (χ0v) is 14.3. The molecule has 130 valence electrons. The lowest BCUT2D eigenvalue weighted by Crippen LogP contribution is -2.36. The fraction of sp³-hybridized carbons (Fsp3) is 0.316. The Morgan fingerprint density at radius 1 is 1.12 bits per heavy atom. The largest absolute Gasteiger partial charge is 0.497 e. The number of fused-ring (bicyclic) bond motifs is 1. The normalized spacial score (nSPS) is 15.6. The topological polar surface area (TPSA) is 65.0 Å². The quantitative estimate of drug-likeness (QED) is 0.791. The summed E-state index contributed by atoms with van der Waals surface area (Å²) in [6.07, 6.45) is 1.95. The predicted molar refractivity (Wildman–Crippen MR) is 97.7 cm³/mol. The molecule has 1 fully saturated rings. The highest BCUT2D eigenvalue weighted by molar-refractivity contribution is 5.68. The first-order valence-electron chi connectivity index (χ1n) is 8.45. The van der Waals surface area contributed by atoms with Gasteiger partial charge in [0.1, 0.15) is 11.4 Å². The summed E-state index contributed by atoms with van der Waals surface area (Å²) in [5.74, 6) is 0.839. The molecule has 1 aliphatic heterocycles. The first-order chi connectivity index (χ1) is 12.2. The molecule has 2 N–H and O–H groups in total. The predicted octanol–water partition coefficient (Wildman–Crippen LogP) is 2.42. The molecule has 1 aromatic carbocycles. The molecule has 0 spiro atoms. The van der Waals surface area contributed by atoms with Gasteiger partial charge in [0.25, 0.3) is 0 Å². The summed E-state index contributed by atoms with van der Waals surface area (Å²) in [5, 5.41) is 0. The molecule has 2 aromatic heterocycles. The third-order valence-electron chi connectivity index (χ3n) is 4.58. The maximum absolute atomic E-state index is 6.01. The van der Waals surface area contributed by atoms with E-state index in [1.807, 2.05) is 42.6 Å². The molecule has 0 bridgehead atoms. The van der Waals surface area contributed by atoms with E-state index >= 15 is 0 Å². The number of nitrogen functional groups attached to an aromatic ring is 1. The highest BCUT2D eigenvalue weighted by Crippen LogP contribution is 2.28. The third-order valence-corrected chi connectivity index (χ3v) is 4.58. The number of anilines is 1. The lowest BCUT2D eigenvalue weighted by molar-refractivity contribution is 0.0336. The number of hydrogen-bond acceptors (Lipinski definition) is 5. The molecule has 4 rings (SSSR count). The van der Waals surface area contributed by atoms with Crippen molar-refractivity contribution in [3.8, 4) is 17.0 Å². The highest BCUT2D eigenvalue weighted by Gasteiger charge is 2.19. The van der Waals surface area contributed by atoms with Gasteiger partial charge in [0.05, 0.1) is 31.7 Å². The maximum atomic E-state index is 6.01. The minimum atomic E-state index is 0.731. The second kappa shape index (κ2) is 6.74. The van der Waals surface area contributed by atoms with Crippen LogP contribution in [0.5, 0.6) is 5.75 Å². The van der Waals surface area contributed by atoms with Crippen LogP contribution in [0, 0.1) is 0 Å². The maximum Gasteiger partial charge on any atom is 0.137 e. The van der Waals surface area contributed by atoms with Gasteiger partial charge >= 0.3 is 0 Å². The van der Waals surface area contributed by atoms with Crippen LogP contribution in [-0.4, -0.2) is 47.7 Å². The van der Waals surface area contributed by atoms with E-state index in [1.54, 1.807) is 7.11 Å². The van der Waals surface area contributed by atoms with E-state index in [4.69, 9.17) is 20.2 Å². The number of rotatable bonds is 4. The van der Waals surface area contributed by atoms with Crippen LogP contribution in [0.4, 0.5) is 5.69 Å². The second-order valence-electron chi connectivity index (χ2n) is 6.21. The van der Waals surface area contributed by atoms with Crippen LogP contribution in [0.1, 0.15) is 5.69 Å². The summed E-state index contributed by atoms with van der Waals surface area (Å²) in [6.45, 7) is 4.22. The number of imidazole rings is 1. The van der Waals surface area contributed by atoms with Gasteiger partial charge < -0.3 is 19.6 Å². The minimum absolute atomic E-state index is 0.731. The van der Waals surface area contributed by atoms with Crippen molar-refractivity contribution >= 4 is 11.3 Å². The van der Waals surface area contributed by atoms with Crippen LogP contribution in [0.25, 0.3) is 16.9 Å². The molecule has 0 saturated carbocycles.